The van der Waals surface area contributed by atoms with Gasteiger partial charge in [0.2, 0.25) is 0 Å². The van der Waals surface area contributed by atoms with Crippen molar-refractivity contribution in [3.05, 3.63) is 0 Å². The van der Waals surface area contributed by atoms with Gasteiger partial charge in [-0.05, 0) is 31.6 Å². The number of aliphatic hydroxyl groups excluding tert-OH is 1. The van der Waals surface area contributed by atoms with Gasteiger partial charge in [-0.1, -0.05) is 324 Å². The standard InChI is InChI=1S/C72H140O17P2/c1-6-9-12-15-17-19-21-23-25-27-29-31-33-38-42-47-52-57-72(77)89-68(62-83-70(75)56-51-46-41-37-32-30-28-26-24-22-20-18-16-13-10-7-2)64-87-91(80,81)85-60-66(73)59-84-90(78,79)86-63-67(61-82-69(74)55-50-44-14-11-8-3)88-71(76)58-53-48-43-39-35-34-36-40-45-49-54-65(4)5/h65-68,73H,6-64H2,1-5H3,(H,78,79)(H,80,81)/t66-,67+,68+/m0/s1. The molecule has 0 bridgehead atoms. The Morgan fingerprint density at radius 2 is 0.505 bits per heavy atom. The molecule has 19 heteroatoms. The van der Waals surface area contributed by atoms with E-state index in [1.165, 1.54) is 193 Å². The molecule has 0 rings (SSSR count). The van der Waals surface area contributed by atoms with Crippen LogP contribution >= 0.6 is 15.6 Å². The first-order valence-corrected chi connectivity index (χ1v) is 40.6. The van der Waals surface area contributed by atoms with Gasteiger partial charge in [-0.2, -0.15) is 0 Å². The molecule has 0 aromatic rings. The third-order valence-corrected chi connectivity index (χ3v) is 18.7. The number of phosphoric ester groups is 2. The summed E-state index contributed by atoms with van der Waals surface area (Å²) in [6.07, 6.45) is 53.1. The minimum Gasteiger partial charge on any atom is -0.462 e. The summed E-state index contributed by atoms with van der Waals surface area (Å²) in [6, 6.07) is 0. The van der Waals surface area contributed by atoms with E-state index in [1.54, 1.807) is 0 Å². The monoisotopic (exact) mass is 1340 g/mol. The van der Waals surface area contributed by atoms with E-state index in [9.17, 15) is 43.2 Å². The Morgan fingerprint density at radius 1 is 0.297 bits per heavy atom. The first kappa shape index (κ1) is 89.1. The molecule has 5 atom stereocenters. The van der Waals surface area contributed by atoms with Crippen LogP contribution in [0.3, 0.4) is 0 Å². The van der Waals surface area contributed by atoms with Crippen molar-refractivity contribution in [2.75, 3.05) is 39.6 Å². The highest BCUT2D eigenvalue weighted by atomic mass is 31.2. The minimum atomic E-state index is -4.95. The Labute approximate surface area is 556 Å². The summed E-state index contributed by atoms with van der Waals surface area (Å²) < 4.78 is 68.2. The van der Waals surface area contributed by atoms with Gasteiger partial charge < -0.3 is 33.8 Å². The molecule has 0 amide bonds. The maximum atomic E-state index is 13.0. The fraction of sp³-hybridized carbons (Fsp3) is 0.944. The summed E-state index contributed by atoms with van der Waals surface area (Å²) in [4.78, 5) is 72.4. The second-order valence-corrected chi connectivity index (χ2v) is 29.4. The fourth-order valence-corrected chi connectivity index (χ4v) is 12.6. The van der Waals surface area contributed by atoms with E-state index < -0.39 is 97.5 Å². The maximum Gasteiger partial charge on any atom is 0.472 e. The molecule has 540 valence electrons. The summed E-state index contributed by atoms with van der Waals surface area (Å²) in [7, 11) is -9.89. The largest absolute Gasteiger partial charge is 0.472 e. The average Bonchev–Trinajstić information content (AvgIpc) is 2.89. The topological polar surface area (TPSA) is 237 Å². The summed E-state index contributed by atoms with van der Waals surface area (Å²) in [5.41, 5.74) is 0. The van der Waals surface area contributed by atoms with Crippen LogP contribution in [0.25, 0.3) is 0 Å². The lowest BCUT2D eigenvalue weighted by Crippen LogP contribution is -2.30. The van der Waals surface area contributed by atoms with E-state index >= 15 is 0 Å². The van der Waals surface area contributed by atoms with Gasteiger partial charge in [-0.25, -0.2) is 9.13 Å². The van der Waals surface area contributed by atoms with Crippen LogP contribution in [0.15, 0.2) is 0 Å². The van der Waals surface area contributed by atoms with Gasteiger partial charge in [-0.15, -0.1) is 0 Å². The zero-order valence-corrected chi connectivity index (χ0v) is 60.8. The van der Waals surface area contributed by atoms with Crippen LogP contribution in [0.2, 0.25) is 0 Å². The molecule has 0 saturated carbocycles. The Hall–Kier alpha value is -1.94. The molecule has 3 N–H and O–H groups in total. The molecule has 0 aliphatic rings. The Balaban J connectivity index is 5.15. The van der Waals surface area contributed by atoms with Crippen molar-refractivity contribution in [1.29, 1.82) is 0 Å². The summed E-state index contributed by atoms with van der Waals surface area (Å²) >= 11 is 0. The Bertz CT molecular complexity index is 1750. The van der Waals surface area contributed by atoms with Crippen LogP contribution in [0.5, 0.6) is 0 Å². The first-order chi connectivity index (χ1) is 44.0. The predicted molar refractivity (Wildman–Crippen MR) is 368 cm³/mol. The van der Waals surface area contributed by atoms with E-state index in [-0.39, 0.29) is 25.7 Å². The number of ether oxygens (including phenoxy) is 4. The van der Waals surface area contributed by atoms with Crippen LogP contribution in [-0.2, 0) is 65.4 Å². The van der Waals surface area contributed by atoms with Crippen molar-refractivity contribution >= 4 is 39.5 Å². The number of esters is 4. The molecule has 0 saturated heterocycles. The predicted octanol–water partition coefficient (Wildman–Crippen LogP) is 20.9. The van der Waals surface area contributed by atoms with E-state index in [0.717, 1.165) is 102 Å². The van der Waals surface area contributed by atoms with Crippen molar-refractivity contribution in [2.24, 2.45) is 5.92 Å². The van der Waals surface area contributed by atoms with Crippen LogP contribution < -0.4 is 0 Å². The lowest BCUT2D eigenvalue weighted by Gasteiger charge is -2.21. The number of unbranched alkanes of at least 4 members (excludes halogenated alkanes) is 44. The number of hydrogen-bond donors (Lipinski definition) is 3. The molecule has 0 aromatic heterocycles. The first-order valence-electron chi connectivity index (χ1n) is 37.6. The average molecular weight is 1340 g/mol. The number of hydrogen-bond acceptors (Lipinski definition) is 15. The molecule has 0 aliphatic heterocycles. The molecule has 91 heavy (non-hydrogen) atoms. The van der Waals surface area contributed by atoms with Crippen molar-refractivity contribution in [2.45, 2.75) is 393 Å². The highest BCUT2D eigenvalue weighted by molar-refractivity contribution is 7.47. The normalized spacial score (nSPS) is 14.0. The zero-order chi connectivity index (χ0) is 67.0. The smallest absolute Gasteiger partial charge is 0.462 e. The number of phosphoric acid groups is 2. The van der Waals surface area contributed by atoms with E-state index in [2.05, 4.69) is 34.6 Å². The molecule has 0 heterocycles. The Morgan fingerprint density at radius 3 is 0.747 bits per heavy atom. The van der Waals surface area contributed by atoms with Gasteiger partial charge in [-0.3, -0.25) is 37.3 Å². The molecule has 0 aromatic carbocycles. The van der Waals surface area contributed by atoms with Crippen LogP contribution in [0, 0.1) is 5.92 Å². The lowest BCUT2D eigenvalue weighted by molar-refractivity contribution is -0.161. The van der Waals surface area contributed by atoms with E-state index in [0.29, 0.717) is 25.7 Å². The third kappa shape index (κ3) is 66.5. The number of carbonyl (C=O) groups is 4. The van der Waals surface area contributed by atoms with Gasteiger partial charge in [0.05, 0.1) is 26.4 Å². The molecule has 0 aliphatic carbocycles. The van der Waals surface area contributed by atoms with Gasteiger partial charge in [0, 0.05) is 25.7 Å². The second kappa shape index (κ2) is 65.4. The number of aliphatic hydroxyl groups is 1. The van der Waals surface area contributed by atoms with Crippen LogP contribution in [0.4, 0.5) is 0 Å². The van der Waals surface area contributed by atoms with E-state index in [1.807, 2.05) is 0 Å². The quantitative estimate of drug-likeness (QED) is 0.0222. The number of carbonyl (C=O) groups excluding carboxylic acids is 4. The molecule has 0 radical (unpaired) electrons. The lowest BCUT2D eigenvalue weighted by atomic mass is 10.0. The summed E-state index contributed by atoms with van der Waals surface area (Å²) in [5, 5.41) is 10.6. The van der Waals surface area contributed by atoms with Crippen molar-refractivity contribution in [3.8, 4) is 0 Å². The fourth-order valence-electron chi connectivity index (χ4n) is 11.0. The van der Waals surface area contributed by atoms with Gasteiger partial charge in [0.25, 0.3) is 0 Å². The number of rotatable bonds is 72. The van der Waals surface area contributed by atoms with Crippen LogP contribution in [-0.4, -0.2) is 96.7 Å². The molecule has 2 unspecified atom stereocenters. The van der Waals surface area contributed by atoms with Crippen LogP contribution in [0.1, 0.15) is 375 Å². The molecule has 17 nitrogen and oxygen atoms in total. The molecular formula is C72H140O17P2. The molecule has 0 spiro atoms. The van der Waals surface area contributed by atoms with Crippen molar-refractivity contribution in [3.63, 3.8) is 0 Å². The van der Waals surface area contributed by atoms with Gasteiger partial charge in [0.1, 0.15) is 19.3 Å². The van der Waals surface area contributed by atoms with Crippen molar-refractivity contribution < 1.29 is 80.2 Å². The second-order valence-electron chi connectivity index (χ2n) is 26.5. The zero-order valence-electron chi connectivity index (χ0n) is 59.0. The van der Waals surface area contributed by atoms with Crippen molar-refractivity contribution in [1.82, 2.24) is 0 Å². The van der Waals surface area contributed by atoms with Gasteiger partial charge >= 0.3 is 39.5 Å². The highest BCUT2D eigenvalue weighted by Gasteiger charge is 2.30. The molecule has 0 fully saturated rings. The maximum absolute atomic E-state index is 13.0. The minimum absolute atomic E-state index is 0.105. The highest BCUT2D eigenvalue weighted by Crippen LogP contribution is 2.45. The Kier molecular flexibility index (Phi) is 64.0. The SMILES string of the molecule is CCCCCCCCCCCCCCCCCCCC(=O)O[C@H](COC(=O)CCCCCCCCCCCCCCCCCC)COP(=O)(O)OC[C@@H](O)COP(=O)(O)OC[C@@H](COC(=O)CCCCCCC)OC(=O)CCCCCCCCCCCCC(C)C. The summed E-state index contributed by atoms with van der Waals surface area (Å²) in [6.45, 7) is 7.17. The summed E-state index contributed by atoms with van der Waals surface area (Å²) in [5.74, 6) is -1.38. The third-order valence-electron chi connectivity index (χ3n) is 16.8. The van der Waals surface area contributed by atoms with E-state index in [4.69, 9.17) is 37.0 Å². The van der Waals surface area contributed by atoms with Gasteiger partial charge in [0.15, 0.2) is 12.2 Å². The molecular weight excluding hydrogens is 1200 g/mol.